The summed E-state index contributed by atoms with van der Waals surface area (Å²) in [6, 6.07) is 5.29. The van der Waals surface area contributed by atoms with Gasteiger partial charge in [0.05, 0.1) is 79.3 Å². The van der Waals surface area contributed by atoms with Crippen molar-refractivity contribution >= 4 is 5.69 Å². The van der Waals surface area contributed by atoms with Crippen LogP contribution in [0.5, 0.6) is 11.5 Å². The van der Waals surface area contributed by atoms with Gasteiger partial charge in [-0.05, 0) is 12.1 Å². The van der Waals surface area contributed by atoms with Crippen LogP contribution in [0.15, 0.2) is 18.2 Å². The smallest absolute Gasteiger partial charge is 0.163 e. The Hall–Kier alpha value is -1.62. The molecular formula is C20H33NO8. The molecule has 2 rings (SSSR count). The van der Waals surface area contributed by atoms with Crippen molar-refractivity contribution in [2.24, 2.45) is 0 Å². The van der Waals surface area contributed by atoms with E-state index in [1.54, 1.807) is 18.2 Å². The van der Waals surface area contributed by atoms with Crippen LogP contribution in [0.2, 0.25) is 0 Å². The summed E-state index contributed by atoms with van der Waals surface area (Å²) in [6.45, 7) is 6.84. The van der Waals surface area contributed by atoms with Gasteiger partial charge in [-0.15, -0.1) is 0 Å². The topological polar surface area (TPSA) is 99.9 Å². The Morgan fingerprint density at radius 3 is 1.21 bits per heavy atom. The second kappa shape index (κ2) is 16.2. The Bertz CT molecular complexity index is 531. The average molecular weight is 415 g/mol. The van der Waals surface area contributed by atoms with Crippen LogP contribution >= 0.6 is 0 Å². The van der Waals surface area contributed by atoms with Crippen molar-refractivity contribution in [3.63, 3.8) is 0 Å². The summed E-state index contributed by atoms with van der Waals surface area (Å²) >= 11 is 0. The monoisotopic (exact) mass is 415 g/mol. The Kier molecular flexibility index (Phi) is 13.2. The first-order valence-electron chi connectivity index (χ1n) is 9.98. The number of ether oxygens (including phenoxy) is 8. The Balaban J connectivity index is 1.73. The van der Waals surface area contributed by atoms with Gasteiger partial charge in [-0.1, -0.05) is 0 Å². The maximum absolute atomic E-state index is 5.84. The van der Waals surface area contributed by atoms with Gasteiger partial charge in [-0.2, -0.15) is 0 Å². The molecule has 9 nitrogen and oxygen atoms in total. The molecule has 1 aromatic rings. The summed E-state index contributed by atoms with van der Waals surface area (Å²) in [7, 11) is 0. The summed E-state index contributed by atoms with van der Waals surface area (Å²) in [5.41, 5.74) is 6.45. The Morgan fingerprint density at radius 1 is 0.448 bits per heavy atom. The lowest BCUT2D eigenvalue weighted by atomic mass is 10.3. The second-order valence-corrected chi connectivity index (χ2v) is 6.08. The lowest BCUT2D eigenvalue weighted by Crippen LogP contribution is -2.16. The third-order valence-electron chi connectivity index (χ3n) is 3.80. The van der Waals surface area contributed by atoms with E-state index in [4.69, 9.17) is 43.6 Å². The third-order valence-corrected chi connectivity index (χ3v) is 3.80. The van der Waals surface area contributed by atoms with Gasteiger partial charge in [0.2, 0.25) is 0 Å². The van der Waals surface area contributed by atoms with Gasteiger partial charge < -0.3 is 43.6 Å². The molecule has 1 aliphatic heterocycles. The number of fused-ring (bicyclic) bond motifs is 1. The van der Waals surface area contributed by atoms with Gasteiger partial charge in [0.1, 0.15) is 13.2 Å². The predicted molar refractivity (Wildman–Crippen MR) is 107 cm³/mol. The van der Waals surface area contributed by atoms with Gasteiger partial charge in [0.25, 0.3) is 0 Å². The lowest BCUT2D eigenvalue weighted by molar-refractivity contribution is -0.0193. The molecule has 1 heterocycles. The van der Waals surface area contributed by atoms with Crippen LogP contribution in [-0.4, -0.2) is 92.5 Å². The molecule has 0 atom stereocenters. The molecule has 0 aliphatic carbocycles. The molecule has 0 aromatic heterocycles. The SMILES string of the molecule is Nc1ccc2c(c1)OCCOCCOCCOCCOCCOCCOCCO2. The molecule has 0 spiro atoms. The predicted octanol–water partition coefficient (Wildman–Crippen LogP) is 1.14. The molecule has 0 bridgehead atoms. The molecule has 166 valence electrons. The van der Waals surface area contributed by atoms with Crippen molar-refractivity contribution in [3.05, 3.63) is 18.2 Å². The number of anilines is 1. The van der Waals surface area contributed by atoms with Crippen LogP contribution in [0.25, 0.3) is 0 Å². The summed E-state index contributed by atoms with van der Waals surface area (Å²) in [5.74, 6) is 1.20. The van der Waals surface area contributed by atoms with Crippen molar-refractivity contribution in [1.82, 2.24) is 0 Å². The van der Waals surface area contributed by atoms with Crippen molar-refractivity contribution in [2.45, 2.75) is 0 Å². The number of nitrogens with two attached hydrogens (primary N) is 1. The van der Waals surface area contributed by atoms with E-state index in [0.717, 1.165) is 0 Å². The Labute approximate surface area is 172 Å². The molecule has 29 heavy (non-hydrogen) atoms. The fourth-order valence-electron chi connectivity index (χ4n) is 2.38. The fraction of sp³-hybridized carbons (Fsp3) is 0.700. The minimum Gasteiger partial charge on any atom is -0.487 e. The molecule has 1 aromatic carbocycles. The van der Waals surface area contributed by atoms with E-state index in [1.165, 1.54) is 0 Å². The van der Waals surface area contributed by atoms with Gasteiger partial charge in [-0.3, -0.25) is 0 Å². The molecule has 0 radical (unpaired) electrons. The van der Waals surface area contributed by atoms with Crippen molar-refractivity contribution in [3.8, 4) is 11.5 Å². The van der Waals surface area contributed by atoms with Crippen LogP contribution in [0.4, 0.5) is 5.69 Å². The second-order valence-electron chi connectivity index (χ2n) is 6.08. The molecule has 0 saturated heterocycles. The highest BCUT2D eigenvalue weighted by molar-refractivity contribution is 5.51. The fourth-order valence-corrected chi connectivity index (χ4v) is 2.38. The molecule has 0 amide bonds. The molecule has 0 saturated carbocycles. The minimum atomic E-state index is 0.386. The van der Waals surface area contributed by atoms with Crippen LogP contribution in [0.1, 0.15) is 0 Å². The highest BCUT2D eigenvalue weighted by atomic mass is 16.6. The van der Waals surface area contributed by atoms with E-state index in [1.807, 2.05) is 0 Å². The van der Waals surface area contributed by atoms with E-state index in [-0.39, 0.29) is 0 Å². The quantitative estimate of drug-likeness (QED) is 0.625. The highest BCUT2D eigenvalue weighted by Crippen LogP contribution is 2.29. The summed E-state index contributed by atoms with van der Waals surface area (Å²) < 4.78 is 44.2. The lowest BCUT2D eigenvalue weighted by Gasteiger charge is -2.14. The zero-order chi connectivity index (χ0) is 20.4. The number of hydrogen-bond acceptors (Lipinski definition) is 9. The van der Waals surface area contributed by atoms with E-state index in [0.29, 0.717) is 110 Å². The first-order chi connectivity index (χ1) is 14.4. The number of hydrogen-bond donors (Lipinski definition) is 1. The largest absolute Gasteiger partial charge is 0.487 e. The summed E-state index contributed by atoms with van der Waals surface area (Å²) in [5, 5.41) is 0. The molecule has 2 N–H and O–H groups in total. The van der Waals surface area contributed by atoms with Gasteiger partial charge in [0.15, 0.2) is 11.5 Å². The maximum Gasteiger partial charge on any atom is 0.163 e. The van der Waals surface area contributed by atoms with Crippen molar-refractivity contribution in [2.75, 3.05) is 98.2 Å². The molecule has 0 fully saturated rings. The number of rotatable bonds is 0. The standard InChI is InChI=1S/C20H33NO8/c21-18-1-2-19-20(17-18)29-16-14-27-12-10-25-8-6-23-4-3-22-5-7-24-9-11-26-13-15-28-19/h1-2,17H,3-16,21H2. The number of nitrogen functional groups attached to an aromatic ring is 1. The van der Waals surface area contributed by atoms with E-state index < -0.39 is 0 Å². The van der Waals surface area contributed by atoms with Gasteiger partial charge in [0, 0.05) is 11.8 Å². The zero-order valence-corrected chi connectivity index (χ0v) is 17.0. The third kappa shape index (κ3) is 11.8. The molecular weight excluding hydrogens is 382 g/mol. The highest BCUT2D eigenvalue weighted by Gasteiger charge is 2.06. The molecule has 1 aliphatic rings. The summed E-state index contributed by atoms with van der Waals surface area (Å²) in [4.78, 5) is 0. The normalized spacial score (nSPS) is 20.4. The van der Waals surface area contributed by atoms with E-state index >= 15 is 0 Å². The first-order valence-corrected chi connectivity index (χ1v) is 9.98. The van der Waals surface area contributed by atoms with Crippen LogP contribution in [0.3, 0.4) is 0 Å². The van der Waals surface area contributed by atoms with Crippen molar-refractivity contribution < 1.29 is 37.9 Å². The molecule has 0 unspecified atom stereocenters. The number of benzene rings is 1. The zero-order valence-electron chi connectivity index (χ0n) is 17.0. The van der Waals surface area contributed by atoms with Crippen LogP contribution in [0, 0.1) is 0 Å². The molecule has 9 heteroatoms. The van der Waals surface area contributed by atoms with Gasteiger partial charge >= 0.3 is 0 Å². The van der Waals surface area contributed by atoms with Crippen LogP contribution in [-0.2, 0) is 28.4 Å². The maximum atomic E-state index is 5.84. The van der Waals surface area contributed by atoms with E-state index in [9.17, 15) is 0 Å². The minimum absolute atomic E-state index is 0.386. The Morgan fingerprint density at radius 2 is 0.793 bits per heavy atom. The average Bonchev–Trinajstić information content (AvgIpc) is 2.72. The van der Waals surface area contributed by atoms with Crippen LogP contribution < -0.4 is 15.2 Å². The van der Waals surface area contributed by atoms with Crippen molar-refractivity contribution in [1.29, 1.82) is 0 Å². The summed E-state index contributed by atoms with van der Waals surface area (Å²) in [6.07, 6.45) is 0. The van der Waals surface area contributed by atoms with E-state index in [2.05, 4.69) is 0 Å². The van der Waals surface area contributed by atoms with Gasteiger partial charge in [-0.25, -0.2) is 0 Å². The first kappa shape index (κ1) is 23.7.